The molecule has 9 nitrogen and oxygen atoms in total. The van der Waals surface area contributed by atoms with Gasteiger partial charge in [0.1, 0.15) is 0 Å². The highest BCUT2D eigenvalue weighted by atomic mass is 16.3. The summed E-state index contributed by atoms with van der Waals surface area (Å²) in [6.45, 7) is 6.04. The van der Waals surface area contributed by atoms with Crippen molar-refractivity contribution >= 4 is 28.3 Å². The Morgan fingerprint density at radius 2 is 1.84 bits per heavy atom. The number of benzene rings is 3. The molecule has 0 bridgehead atoms. The van der Waals surface area contributed by atoms with Gasteiger partial charge in [-0.1, -0.05) is 73.7 Å². The van der Waals surface area contributed by atoms with Crippen LogP contribution < -0.4 is 10.5 Å². The predicted octanol–water partition coefficient (Wildman–Crippen LogP) is 3.71. The first-order chi connectivity index (χ1) is 20.8. The Bertz CT molecular complexity index is 1750. The summed E-state index contributed by atoms with van der Waals surface area (Å²) in [7, 11) is 0. The van der Waals surface area contributed by atoms with Crippen molar-refractivity contribution in [3.8, 4) is 5.69 Å². The van der Waals surface area contributed by atoms with Crippen LogP contribution in [0.15, 0.2) is 109 Å². The van der Waals surface area contributed by atoms with Crippen LogP contribution in [0.25, 0.3) is 16.5 Å². The van der Waals surface area contributed by atoms with Crippen molar-refractivity contribution in [2.75, 3.05) is 24.6 Å². The molecule has 5 rings (SSSR count). The van der Waals surface area contributed by atoms with Crippen LogP contribution in [0.2, 0.25) is 0 Å². The van der Waals surface area contributed by atoms with Gasteiger partial charge in [0.25, 0.3) is 11.5 Å². The number of rotatable bonds is 11. The number of aliphatic hydroxyl groups is 2. The molecule has 0 fully saturated rings. The largest absolute Gasteiger partial charge is 0.395 e. The Kier molecular flexibility index (Phi) is 8.66. The van der Waals surface area contributed by atoms with Crippen LogP contribution in [-0.2, 0) is 21.7 Å². The highest BCUT2D eigenvalue weighted by Gasteiger charge is 2.52. The van der Waals surface area contributed by atoms with Crippen LogP contribution in [0.1, 0.15) is 24.5 Å². The first kappa shape index (κ1) is 29.6. The predicted molar refractivity (Wildman–Crippen MR) is 166 cm³/mol. The lowest BCUT2D eigenvalue weighted by Crippen LogP contribution is -2.44. The number of hydrogen-bond donors (Lipinski definition) is 2. The average molecular weight is 579 g/mol. The Morgan fingerprint density at radius 1 is 1.09 bits per heavy atom. The third kappa shape index (κ3) is 5.64. The number of hydrogen-bond acceptors (Lipinski definition) is 6. The highest BCUT2D eigenvalue weighted by molar-refractivity contribution is 6.07. The molecule has 2 amide bonds. The van der Waals surface area contributed by atoms with E-state index in [1.165, 1.54) is 9.58 Å². The summed E-state index contributed by atoms with van der Waals surface area (Å²) in [5.74, 6) is -1.44. The highest BCUT2D eigenvalue weighted by Crippen LogP contribution is 2.45. The summed E-state index contributed by atoms with van der Waals surface area (Å²) in [5.41, 5.74) is -0.0616. The smallest absolute Gasteiger partial charge is 0.279 e. The van der Waals surface area contributed by atoms with Crippen LogP contribution in [0.5, 0.6) is 0 Å². The maximum absolute atomic E-state index is 13.7. The fourth-order valence-corrected chi connectivity index (χ4v) is 5.51. The van der Waals surface area contributed by atoms with Gasteiger partial charge >= 0.3 is 0 Å². The van der Waals surface area contributed by atoms with Gasteiger partial charge < -0.3 is 20.0 Å². The molecule has 1 aliphatic rings. The van der Waals surface area contributed by atoms with Gasteiger partial charge in [-0.3, -0.25) is 14.4 Å². The lowest BCUT2D eigenvalue weighted by molar-refractivity contribution is -0.139. The second-order valence-electron chi connectivity index (χ2n) is 10.6. The van der Waals surface area contributed by atoms with E-state index in [1.54, 1.807) is 66.6 Å². The Balaban J connectivity index is 1.44. The van der Waals surface area contributed by atoms with Crippen LogP contribution in [-0.4, -0.2) is 56.4 Å². The van der Waals surface area contributed by atoms with E-state index in [4.69, 9.17) is 0 Å². The Morgan fingerprint density at radius 3 is 2.58 bits per heavy atom. The van der Waals surface area contributed by atoms with Crippen LogP contribution in [0.4, 0.5) is 5.69 Å². The Hall–Kier alpha value is -4.86. The minimum atomic E-state index is -1.96. The summed E-state index contributed by atoms with van der Waals surface area (Å²) >= 11 is 0. The summed E-state index contributed by atoms with van der Waals surface area (Å²) in [4.78, 5) is 43.0. The van der Waals surface area contributed by atoms with Crippen LogP contribution in [0.3, 0.4) is 0 Å². The number of carbonyl (C=O) groups excluding carboxylic acids is 2. The van der Waals surface area contributed by atoms with E-state index >= 15 is 0 Å². The van der Waals surface area contributed by atoms with Gasteiger partial charge in [-0.15, -0.1) is 6.58 Å². The molecule has 2 heterocycles. The first-order valence-corrected chi connectivity index (χ1v) is 14.2. The SMILES string of the molecule is C=CCN1C(=O)[C@](O)([C@H](C)/C=C/CC(=O)N(CCO)Cc2ccccc2)c2cc(-n3ncc4ccccc4c3=O)ccc21. The zero-order valence-corrected chi connectivity index (χ0v) is 24.0. The minimum absolute atomic E-state index is 0.0289. The molecule has 220 valence electrons. The Labute approximate surface area is 249 Å². The minimum Gasteiger partial charge on any atom is -0.395 e. The van der Waals surface area contributed by atoms with Gasteiger partial charge in [0.05, 0.1) is 29.6 Å². The lowest BCUT2D eigenvalue weighted by Gasteiger charge is -2.27. The van der Waals surface area contributed by atoms with Gasteiger partial charge in [0.2, 0.25) is 5.91 Å². The molecule has 43 heavy (non-hydrogen) atoms. The fraction of sp³-hybridized carbons (Fsp3) is 0.235. The summed E-state index contributed by atoms with van der Waals surface area (Å²) in [6, 6.07) is 21.7. The molecular formula is C34H34N4O5. The number of carbonyl (C=O) groups is 2. The van der Waals surface area contributed by atoms with Gasteiger partial charge in [-0.25, -0.2) is 0 Å². The van der Waals surface area contributed by atoms with E-state index in [-0.39, 0.29) is 37.6 Å². The van der Waals surface area contributed by atoms with Gasteiger partial charge in [0, 0.05) is 42.9 Å². The molecule has 2 atom stereocenters. The topological polar surface area (TPSA) is 116 Å². The molecule has 0 unspecified atom stereocenters. The van der Waals surface area contributed by atoms with Crippen molar-refractivity contribution in [3.05, 3.63) is 125 Å². The zero-order chi connectivity index (χ0) is 30.6. The van der Waals surface area contributed by atoms with E-state index in [9.17, 15) is 24.6 Å². The van der Waals surface area contributed by atoms with Crippen molar-refractivity contribution in [2.24, 2.45) is 5.92 Å². The molecule has 0 saturated heterocycles. The molecular weight excluding hydrogens is 544 g/mol. The number of anilines is 1. The first-order valence-electron chi connectivity index (χ1n) is 14.2. The molecule has 0 aliphatic carbocycles. The van der Waals surface area contributed by atoms with E-state index in [0.717, 1.165) is 5.56 Å². The quantitative estimate of drug-likeness (QED) is 0.262. The third-order valence-electron chi connectivity index (χ3n) is 7.82. The molecule has 1 aliphatic heterocycles. The van der Waals surface area contributed by atoms with Gasteiger partial charge in [-0.05, 0) is 29.8 Å². The molecule has 2 N–H and O–H groups in total. The maximum atomic E-state index is 13.7. The fourth-order valence-electron chi connectivity index (χ4n) is 5.51. The molecule has 0 saturated carbocycles. The van der Waals surface area contributed by atoms with E-state index < -0.39 is 17.4 Å². The molecule has 4 aromatic rings. The second kappa shape index (κ2) is 12.6. The van der Waals surface area contributed by atoms with Crippen LogP contribution >= 0.6 is 0 Å². The van der Waals surface area contributed by atoms with Crippen LogP contribution in [0, 0.1) is 5.92 Å². The normalized spacial score (nSPS) is 16.9. The van der Waals surface area contributed by atoms with Crippen molar-refractivity contribution < 1.29 is 19.8 Å². The average Bonchev–Trinajstić information content (AvgIpc) is 3.24. The molecule has 1 aromatic heterocycles. The third-order valence-corrected chi connectivity index (χ3v) is 7.82. The standard InChI is InChI=1S/C34H34N4O5/c1-3-18-37-30-17-16-27(38-32(41)28-14-8-7-13-26(28)22-35-38)21-29(30)34(43,33(37)42)24(2)10-9-15-31(40)36(19-20-39)23-25-11-5-4-6-12-25/h3-14,16-17,21-22,24,39,43H,1,15,18-20,23H2,2H3/b10-9+/t24-,34+/m1/s1. The molecule has 9 heteroatoms. The summed E-state index contributed by atoms with van der Waals surface area (Å²) < 4.78 is 1.26. The second-order valence-corrected chi connectivity index (χ2v) is 10.6. The number of nitrogens with zero attached hydrogens (tertiary/aromatic N) is 4. The van der Waals surface area contributed by atoms with Crippen molar-refractivity contribution in [3.63, 3.8) is 0 Å². The van der Waals surface area contributed by atoms with Crippen molar-refractivity contribution in [1.29, 1.82) is 0 Å². The van der Waals surface area contributed by atoms with Crippen molar-refractivity contribution in [2.45, 2.75) is 25.5 Å². The number of aromatic nitrogens is 2. The maximum Gasteiger partial charge on any atom is 0.279 e. The van der Waals surface area contributed by atoms with E-state index in [0.29, 0.717) is 34.3 Å². The summed E-state index contributed by atoms with van der Waals surface area (Å²) in [5, 5.41) is 27.1. The monoisotopic (exact) mass is 578 g/mol. The van der Waals surface area contributed by atoms with Gasteiger partial charge in [0.15, 0.2) is 5.60 Å². The molecule has 0 radical (unpaired) electrons. The number of amides is 2. The van der Waals surface area contributed by atoms with E-state index in [2.05, 4.69) is 11.7 Å². The number of fused-ring (bicyclic) bond motifs is 2. The van der Waals surface area contributed by atoms with Gasteiger partial charge in [-0.2, -0.15) is 9.78 Å². The van der Waals surface area contributed by atoms with E-state index in [1.807, 2.05) is 42.5 Å². The molecule has 3 aromatic carbocycles. The lowest BCUT2D eigenvalue weighted by atomic mass is 9.82. The molecule has 0 spiro atoms. The van der Waals surface area contributed by atoms with Crippen molar-refractivity contribution in [1.82, 2.24) is 14.7 Å². The number of aliphatic hydroxyl groups excluding tert-OH is 1. The summed E-state index contributed by atoms with van der Waals surface area (Å²) in [6.07, 6.45) is 6.51. The zero-order valence-electron chi connectivity index (χ0n) is 24.0.